The number of ether oxygens (including phenoxy) is 1. The van der Waals surface area contributed by atoms with Crippen molar-refractivity contribution in [2.45, 2.75) is 64.5 Å². The molecule has 4 rings (SSSR count). The van der Waals surface area contributed by atoms with E-state index < -0.39 is 6.10 Å². The van der Waals surface area contributed by atoms with Gasteiger partial charge in [0.2, 0.25) is 5.91 Å². The molecule has 2 amide bonds. The third kappa shape index (κ3) is 6.09. The second-order valence-corrected chi connectivity index (χ2v) is 10.5. The van der Waals surface area contributed by atoms with E-state index in [1.54, 1.807) is 0 Å². The van der Waals surface area contributed by atoms with Crippen LogP contribution in [0.4, 0.5) is 0 Å². The van der Waals surface area contributed by atoms with Crippen LogP contribution in [0.3, 0.4) is 0 Å². The highest BCUT2D eigenvalue weighted by Gasteiger charge is 2.36. The summed E-state index contributed by atoms with van der Waals surface area (Å²) in [7, 11) is 3.97. The van der Waals surface area contributed by atoms with Crippen molar-refractivity contribution in [2.75, 3.05) is 33.7 Å². The summed E-state index contributed by atoms with van der Waals surface area (Å²) in [6.45, 7) is 6.15. The maximum absolute atomic E-state index is 13.6. The van der Waals surface area contributed by atoms with Gasteiger partial charge >= 0.3 is 0 Å². The van der Waals surface area contributed by atoms with Crippen LogP contribution in [0, 0.1) is 12.8 Å². The van der Waals surface area contributed by atoms with Gasteiger partial charge in [0.1, 0.15) is 5.75 Å². The van der Waals surface area contributed by atoms with E-state index in [9.17, 15) is 9.59 Å². The molecule has 6 heteroatoms. The van der Waals surface area contributed by atoms with Gasteiger partial charge in [-0.3, -0.25) is 9.59 Å². The fraction of sp³-hybridized carbons (Fsp3) is 0.533. The molecule has 1 fully saturated rings. The van der Waals surface area contributed by atoms with E-state index in [1.807, 2.05) is 32.0 Å². The van der Waals surface area contributed by atoms with Crippen LogP contribution in [0.5, 0.6) is 5.75 Å². The highest BCUT2D eigenvalue weighted by molar-refractivity contribution is 5.81. The summed E-state index contributed by atoms with van der Waals surface area (Å²) in [6, 6.07) is 14.5. The van der Waals surface area contributed by atoms with E-state index in [1.165, 1.54) is 11.1 Å². The number of fused-ring (bicyclic) bond motifs is 1. The normalized spacial score (nSPS) is 18.7. The predicted molar refractivity (Wildman–Crippen MR) is 143 cm³/mol. The molecule has 0 spiro atoms. The highest BCUT2D eigenvalue weighted by Crippen LogP contribution is 2.40. The Kier molecular flexibility index (Phi) is 8.68. The van der Waals surface area contributed by atoms with Crippen LogP contribution in [-0.2, 0) is 16.0 Å². The van der Waals surface area contributed by atoms with Crippen molar-refractivity contribution in [1.82, 2.24) is 15.1 Å². The molecular weight excluding hydrogens is 450 g/mol. The summed E-state index contributed by atoms with van der Waals surface area (Å²) in [6.07, 6.45) is 5.13. The van der Waals surface area contributed by atoms with E-state index in [-0.39, 0.29) is 23.8 Å². The molecule has 2 atom stereocenters. The SMILES string of the molecule is CC[C@@H](Oc1ccc2c(c1)[C@H](c1ccc(C)cc1)N(C(=O)C1CCCC1)CC2)C(=O)NCCN(C)C. The minimum Gasteiger partial charge on any atom is -0.481 e. The standard InChI is InChI=1S/C30H41N3O3/c1-5-27(29(34)31-17-19-32(3)4)36-25-15-14-22-16-18-33(30(35)24-8-6-7-9-24)28(26(22)20-25)23-12-10-21(2)11-13-23/h10-15,20,24,27-28H,5-9,16-19H2,1-4H3,(H,31,34)/t27-,28+/m1/s1. The summed E-state index contributed by atoms with van der Waals surface area (Å²) in [5.41, 5.74) is 4.67. The summed E-state index contributed by atoms with van der Waals surface area (Å²) in [5, 5.41) is 2.98. The Morgan fingerprint density at radius 1 is 1.11 bits per heavy atom. The molecule has 0 radical (unpaired) electrons. The number of hydrogen-bond acceptors (Lipinski definition) is 4. The van der Waals surface area contributed by atoms with Gasteiger partial charge in [0.05, 0.1) is 6.04 Å². The quantitative estimate of drug-likeness (QED) is 0.561. The largest absolute Gasteiger partial charge is 0.481 e. The molecule has 1 saturated carbocycles. The van der Waals surface area contributed by atoms with Gasteiger partial charge in [-0.25, -0.2) is 0 Å². The Morgan fingerprint density at radius 2 is 1.83 bits per heavy atom. The molecule has 1 N–H and O–H groups in total. The van der Waals surface area contributed by atoms with Gasteiger partial charge in [0.15, 0.2) is 6.10 Å². The summed E-state index contributed by atoms with van der Waals surface area (Å²) >= 11 is 0. The number of likely N-dealkylation sites (N-methyl/N-ethyl adjacent to an activating group) is 1. The lowest BCUT2D eigenvalue weighted by molar-refractivity contribution is -0.137. The fourth-order valence-corrected chi connectivity index (χ4v) is 5.42. The Hall–Kier alpha value is -2.86. The fourth-order valence-electron chi connectivity index (χ4n) is 5.42. The van der Waals surface area contributed by atoms with Gasteiger partial charge in [-0.05, 0) is 75.5 Å². The number of rotatable bonds is 9. The van der Waals surface area contributed by atoms with Crippen molar-refractivity contribution in [3.63, 3.8) is 0 Å². The van der Waals surface area contributed by atoms with Crippen molar-refractivity contribution in [3.05, 3.63) is 64.7 Å². The lowest BCUT2D eigenvalue weighted by Gasteiger charge is -2.39. The van der Waals surface area contributed by atoms with E-state index in [4.69, 9.17) is 4.74 Å². The van der Waals surface area contributed by atoms with Crippen LogP contribution in [-0.4, -0.2) is 61.4 Å². The first-order chi connectivity index (χ1) is 17.4. The lowest BCUT2D eigenvalue weighted by Crippen LogP contribution is -2.43. The van der Waals surface area contributed by atoms with Crippen LogP contribution >= 0.6 is 0 Å². The van der Waals surface area contributed by atoms with E-state index in [0.717, 1.165) is 56.3 Å². The predicted octanol–water partition coefficient (Wildman–Crippen LogP) is 4.49. The second-order valence-electron chi connectivity index (χ2n) is 10.5. The number of carbonyl (C=O) groups is 2. The topological polar surface area (TPSA) is 61.9 Å². The molecule has 36 heavy (non-hydrogen) atoms. The molecule has 0 unspecified atom stereocenters. The Labute approximate surface area is 216 Å². The summed E-state index contributed by atoms with van der Waals surface area (Å²) in [5.74, 6) is 0.997. The zero-order valence-corrected chi connectivity index (χ0v) is 22.3. The molecule has 1 aliphatic heterocycles. The van der Waals surface area contributed by atoms with Crippen molar-refractivity contribution in [3.8, 4) is 5.75 Å². The Morgan fingerprint density at radius 3 is 2.50 bits per heavy atom. The van der Waals surface area contributed by atoms with Crippen LogP contribution in [0.2, 0.25) is 0 Å². The minimum atomic E-state index is -0.553. The molecule has 1 heterocycles. The van der Waals surface area contributed by atoms with Gasteiger partial charge in [0, 0.05) is 25.6 Å². The first-order valence-corrected chi connectivity index (χ1v) is 13.5. The Balaban J connectivity index is 1.61. The lowest BCUT2D eigenvalue weighted by atomic mass is 9.86. The molecular formula is C30H41N3O3. The van der Waals surface area contributed by atoms with Gasteiger partial charge < -0.3 is 19.9 Å². The van der Waals surface area contributed by atoms with E-state index in [0.29, 0.717) is 18.7 Å². The maximum Gasteiger partial charge on any atom is 0.261 e. The van der Waals surface area contributed by atoms with Crippen molar-refractivity contribution >= 4 is 11.8 Å². The van der Waals surface area contributed by atoms with Gasteiger partial charge in [0.25, 0.3) is 5.91 Å². The molecule has 0 aromatic heterocycles. The molecule has 6 nitrogen and oxygen atoms in total. The number of hydrogen-bond donors (Lipinski definition) is 1. The van der Waals surface area contributed by atoms with Crippen molar-refractivity contribution in [2.24, 2.45) is 5.92 Å². The zero-order chi connectivity index (χ0) is 25.7. The third-order valence-corrected chi connectivity index (χ3v) is 7.53. The van der Waals surface area contributed by atoms with Gasteiger partial charge in [-0.15, -0.1) is 0 Å². The summed E-state index contributed by atoms with van der Waals surface area (Å²) in [4.78, 5) is 30.5. The van der Waals surface area contributed by atoms with Crippen LogP contribution < -0.4 is 10.1 Å². The number of nitrogens with zero attached hydrogens (tertiary/aromatic N) is 2. The first kappa shape index (κ1) is 26.2. The minimum absolute atomic E-state index is 0.0924. The monoisotopic (exact) mass is 491 g/mol. The van der Waals surface area contributed by atoms with Crippen LogP contribution in [0.25, 0.3) is 0 Å². The summed E-state index contributed by atoms with van der Waals surface area (Å²) < 4.78 is 6.22. The third-order valence-electron chi connectivity index (χ3n) is 7.53. The molecule has 1 aliphatic carbocycles. The average Bonchev–Trinajstić information content (AvgIpc) is 3.41. The first-order valence-electron chi connectivity index (χ1n) is 13.5. The molecule has 0 bridgehead atoms. The average molecular weight is 492 g/mol. The number of carbonyl (C=O) groups excluding carboxylic acids is 2. The number of aryl methyl sites for hydroxylation is 1. The molecule has 2 aliphatic rings. The number of benzene rings is 2. The van der Waals surface area contributed by atoms with Crippen LogP contribution in [0.1, 0.15) is 67.3 Å². The number of nitrogens with one attached hydrogen (secondary N) is 1. The number of amides is 2. The zero-order valence-electron chi connectivity index (χ0n) is 22.3. The van der Waals surface area contributed by atoms with E-state index in [2.05, 4.69) is 53.5 Å². The molecule has 0 saturated heterocycles. The molecule has 2 aromatic carbocycles. The highest BCUT2D eigenvalue weighted by atomic mass is 16.5. The second kappa shape index (κ2) is 11.9. The van der Waals surface area contributed by atoms with Crippen LogP contribution in [0.15, 0.2) is 42.5 Å². The smallest absolute Gasteiger partial charge is 0.261 e. The van der Waals surface area contributed by atoms with Gasteiger partial charge in [-0.1, -0.05) is 55.7 Å². The van der Waals surface area contributed by atoms with Crippen molar-refractivity contribution in [1.29, 1.82) is 0 Å². The van der Waals surface area contributed by atoms with E-state index >= 15 is 0 Å². The molecule has 194 valence electrons. The molecule has 2 aromatic rings. The Bertz CT molecular complexity index is 1040. The van der Waals surface area contributed by atoms with Gasteiger partial charge in [-0.2, -0.15) is 0 Å². The maximum atomic E-state index is 13.6. The van der Waals surface area contributed by atoms with Crippen molar-refractivity contribution < 1.29 is 14.3 Å².